The van der Waals surface area contributed by atoms with Gasteiger partial charge in [0.05, 0.1) is 0 Å². The van der Waals surface area contributed by atoms with Gasteiger partial charge in [0.25, 0.3) is 5.91 Å². The molecule has 3 heterocycles. The molecule has 2 aromatic rings. The van der Waals surface area contributed by atoms with E-state index in [2.05, 4.69) is 5.32 Å². The Morgan fingerprint density at radius 2 is 1.62 bits per heavy atom. The van der Waals surface area contributed by atoms with Gasteiger partial charge in [-0.3, -0.25) is 14.5 Å². The molecule has 0 spiro atoms. The number of benzene rings is 2. The van der Waals surface area contributed by atoms with Crippen molar-refractivity contribution < 1.29 is 33.4 Å². The molecule has 1 N–H and O–H groups in total. The highest BCUT2D eigenvalue weighted by Gasteiger charge is 2.53. The zero-order chi connectivity index (χ0) is 28.7. The van der Waals surface area contributed by atoms with Crippen LogP contribution in [0.5, 0.6) is 11.5 Å². The summed E-state index contributed by atoms with van der Waals surface area (Å²) in [5, 5.41) is 0.663. The van der Waals surface area contributed by atoms with Crippen molar-refractivity contribution in [1.82, 2.24) is 10.2 Å². The van der Waals surface area contributed by atoms with Gasteiger partial charge in [0.1, 0.15) is 41.8 Å². The second kappa shape index (κ2) is 13.4. The van der Waals surface area contributed by atoms with Gasteiger partial charge in [0.2, 0.25) is 9.70 Å². The van der Waals surface area contributed by atoms with Crippen molar-refractivity contribution in [2.75, 3.05) is 6.61 Å². The van der Waals surface area contributed by atoms with Crippen LogP contribution < -0.4 is 10.1 Å². The lowest BCUT2D eigenvalue weighted by Gasteiger charge is -2.46. The molecule has 2 aromatic carbocycles. The quantitative estimate of drug-likeness (QED) is 0.155. The number of rotatable bonds is 7. The van der Waals surface area contributed by atoms with Crippen LogP contribution in [0.25, 0.3) is 0 Å². The van der Waals surface area contributed by atoms with E-state index in [1.807, 2.05) is 30.3 Å². The molecule has 1 fully saturated rings. The fraction of sp³-hybridized carbons (Fsp3) is 0.308. The molecule has 9 nitrogen and oxygen atoms in total. The first-order chi connectivity index (χ1) is 18.4. The van der Waals surface area contributed by atoms with E-state index >= 15 is 0 Å². The minimum atomic E-state index is -1.81. The van der Waals surface area contributed by atoms with Crippen LogP contribution in [0.3, 0.4) is 0 Å². The summed E-state index contributed by atoms with van der Waals surface area (Å²) in [6.45, 7) is 3.97. The molecule has 0 aliphatic carbocycles. The molecule has 2 amide bonds. The highest BCUT2D eigenvalue weighted by atomic mass is 35.6. The van der Waals surface area contributed by atoms with E-state index in [0.29, 0.717) is 17.3 Å². The average Bonchev–Trinajstić information content (AvgIpc) is 2.87. The number of nitrogens with zero attached hydrogens (tertiary/aromatic N) is 1. The number of β-lactam (4-membered cyclic amide) rings is 1. The largest absolute Gasteiger partial charge is 0.457 e. The van der Waals surface area contributed by atoms with E-state index in [-0.39, 0.29) is 12.3 Å². The number of carbonyl (C=O) groups excluding carboxylic acids is 4. The normalized spacial score (nSPS) is 16.8. The molecule has 0 aromatic heterocycles. The monoisotopic (exact) mass is 614 g/mol. The number of amides is 2. The van der Waals surface area contributed by atoms with Crippen LogP contribution in [0.15, 0.2) is 65.9 Å². The molecule has 3 aliphatic heterocycles. The summed E-state index contributed by atoms with van der Waals surface area (Å²) in [5.41, 5.74) is 1.22. The topological polar surface area (TPSA) is 111 Å². The second-order valence-electron chi connectivity index (χ2n) is 8.54. The van der Waals surface area contributed by atoms with Crippen molar-refractivity contribution in [3.8, 4) is 11.5 Å². The molecule has 0 radical (unpaired) electrons. The van der Waals surface area contributed by atoms with Crippen molar-refractivity contribution in [2.24, 2.45) is 0 Å². The van der Waals surface area contributed by atoms with E-state index in [1.165, 1.54) is 6.92 Å². The number of esters is 1. The number of hydrogen-bond acceptors (Lipinski definition) is 8. The van der Waals surface area contributed by atoms with Gasteiger partial charge in [-0.05, 0) is 48.9 Å². The molecule has 13 heteroatoms. The van der Waals surface area contributed by atoms with E-state index < -0.39 is 44.9 Å². The first-order valence-electron chi connectivity index (χ1n) is 11.5. The Kier molecular flexibility index (Phi) is 10.5. The Bertz CT molecular complexity index is 1240. The number of nitrogens with one attached hydrogen (secondary N) is 1. The average molecular weight is 616 g/mol. The Morgan fingerprint density at radius 1 is 1.00 bits per heavy atom. The van der Waals surface area contributed by atoms with E-state index in [4.69, 9.17) is 49.0 Å². The van der Waals surface area contributed by atoms with Crippen LogP contribution >= 0.6 is 46.6 Å². The van der Waals surface area contributed by atoms with Gasteiger partial charge >= 0.3 is 11.3 Å². The lowest BCUT2D eigenvalue weighted by molar-refractivity contribution is -0.153. The molecule has 0 saturated carbocycles. The Balaban J connectivity index is 0.000000509. The maximum atomic E-state index is 12.8. The molecular formula is C26H25Cl3N2O7S. The summed E-state index contributed by atoms with van der Waals surface area (Å²) in [5.74, 6) is 0.173. The third kappa shape index (κ3) is 8.79. The van der Waals surface area contributed by atoms with Gasteiger partial charge < -0.3 is 19.5 Å². The van der Waals surface area contributed by atoms with Gasteiger partial charge in [0.15, 0.2) is 0 Å². The van der Waals surface area contributed by atoms with Gasteiger partial charge in [-0.1, -0.05) is 71.2 Å². The fourth-order valence-corrected chi connectivity index (χ4v) is 4.58. The third-order valence-corrected chi connectivity index (χ3v) is 6.50. The predicted octanol–water partition coefficient (Wildman–Crippen LogP) is 5.73. The minimum absolute atomic E-state index is 0.00327. The Labute approximate surface area is 244 Å². The highest BCUT2D eigenvalue weighted by molar-refractivity contribution is 8.13. The fourth-order valence-electron chi connectivity index (χ4n) is 3.46. The summed E-state index contributed by atoms with van der Waals surface area (Å²) >= 11 is 17.3. The zero-order valence-corrected chi connectivity index (χ0v) is 24.2. The third-order valence-electron chi connectivity index (χ3n) is 5.13. The molecule has 2 bridgehead atoms. The molecule has 5 rings (SSSR count). The molecule has 39 heavy (non-hydrogen) atoms. The number of fused-ring (bicyclic) bond motifs is 2. The molecular weight excluding hydrogens is 591 g/mol. The lowest BCUT2D eigenvalue weighted by atomic mass is 10.0. The van der Waals surface area contributed by atoms with Gasteiger partial charge in [-0.2, -0.15) is 0 Å². The van der Waals surface area contributed by atoms with Crippen LogP contribution in [-0.4, -0.2) is 49.8 Å². The predicted molar refractivity (Wildman–Crippen MR) is 149 cm³/mol. The minimum Gasteiger partial charge on any atom is -0.457 e. The van der Waals surface area contributed by atoms with Crippen LogP contribution in [-0.2, 0) is 30.5 Å². The van der Waals surface area contributed by atoms with E-state index in [1.54, 1.807) is 38.1 Å². The molecule has 2 atom stereocenters. The lowest BCUT2D eigenvalue weighted by Crippen LogP contribution is -2.69. The van der Waals surface area contributed by atoms with E-state index in [0.717, 1.165) is 22.0 Å². The van der Waals surface area contributed by atoms with Gasteiger partial charge in [0, 0.05) is 13.0 Å². The number of halogens is 3. The molecule has 208 valence electrons. The number of ether oxygens (including phenoxy) is 3. The standard InChI is InChI=1S/C20H21Cl3N2O6S.C6H4O/c1-11(2)15(18(28)30-9-13-7-5-4-6-8-13)25-16(27)14(24-12(3)26)17(25)32-19(29)31-10-20(21,22)23;1-2-5-4-6(3-1)7-5/h4-8,14,17H,9-10H2,1-3H3,(H,24,26);1-4H. The zero-order valence-electron chi connectivity index (χ0n) is 21.1. The number of alkyl halides is 3. The summed E-state index contributed by atoms with van der Waals surface area (Å²) in [6, 6.07) is 15.8. The maximum absolute atomic E-state index is 12.8. The first kappa shape index (κ1) is 30.6. The van der Waals surface area contributed by atoms with Crippen molar-refractivity contribution in [3.05, 3.63) is 71.4 Å². The van der Waals surface area contributed by atoms with E-state index in [9.17, 15) is 19.2 Å². The number of likely N-dealkylation sites (tertiary alicyclic amines) is 1. The summed E-state index contributed by atoms with van der Waals surface area (Å²) < 4.78 is 13.5. The smallest absolute Gasteiger partial charge is 0.369 e. The summed E-state index contributed by atoms with van der Waals surface area (Å²) in [6.07, 6.45) is 0. The second-order valence-corrected chi connectivity index (χ2v) is 12.1. The summed E-state index contributed by atoms with van der Waals surface area (Å²) in [7, 11) is 0. The highest BCUT2D eigenvalue weighted by Crippen LogP contribution is 2.37. The van der Waals surface area contributed by atoms with Gasteiger partial charge in [-0.15, -0.1) is 0 Å². The first-order valence-corrected chi connectivity index (χ1v) is 13.5. The maximum Gasteiger partial charge on any atom is 0.369 e. The van der Waals surface area contributed by atoms with Crippen LogP contribution in [0.4, 0.5) is 4.79 Å². The molecule has 2 unspecified atom stereocenters. The van der Waals surface area contributed by atoms with Crippen molar-refractivity contribution in [2.45, 2.75) is 42.6 Å². The number of carbonyl (C=O) groups is 4. The summed E-state index contributed by atoms with van der Waals surface area (Å²) in [4.78, 5) is 50.4. The van der Waals surface area contributed by atoms with Crippen LogP contribution in [0.2, 0.25) is 0 Å². The van der Waals surface area contributed by atoms with Crippen molar-refractivity contribution in [3.63, 3.8) is 0 Å². The number of thioether (sulfide) groups is 1. The van der Waals surface area contributed by atoms with Crippen molar-refractivity contribution in [1.29, 1.82) is 0 Å². The Morgan fingerprint density at radius 3 is 2.08 bits per heavy atom. The van der Waals surface area contributed by atoms with Gasteiger partial charge in [-0.25, -0.2) is 9.59 Å². The SMILES string of the molecule is CC(=O)NC1C(=O)N(C(C(=O)OCc2ccccc2)=C(C)C)C1SC(=O)OCC(Cl)(Cl)Cl.c1cc2cc(c1)O2. The number of allylic oxidation sites excluding steroid dienone is 1. The Hall–Kier alpha value is -2.92. The molecule has 1 saturated heterocycles. The number of hydrogen-bond donors (Lipinski definition) is 1. The van der Waals surface area contributed by atoms with Crippen molar-refractivity contribution >= 4 is 69.6 Å². The van der Waals surface area contributed by atoms with Crippen LogP contribution in [0.1, 0.15) is 26.3 Å². The molecule has 3 aliphatic rings. The van der Waals surface area contributed by atoms with Crippen LogP contribution in [0, 0.1) is 0 Å².